The maximum absolute atomic E-state index is 5.28. The van der Waals surface area contributed by atoms with Crippen LogP contribution < -0.4 is 10.1 Å². The summed E-state index contributed by atoms with van der Waals surface area (Å²) in [7, 11) is 1.71. The number of hydrogen-bond acceptors (Lipinski definition) is 4. The highest BCUT2D eigenvalue weighted by Gasteiger charge is 2.21. The zero-order valence-corrected chi connectivity index (χ0v) is 12.4. The lowest BCUT2D eigenvalue weighted by Crippen LogP contribution is -2.25. The van der Waals surface area contributed by atoms with E-state index in [4.69, 9.17) is 4.74 Å². The van der Waals surface area contributed by atoms with Gasteiger partial charge in [-0.3, -0.25) is 4.98 Å². The molecule has 4 heteroatoms. The average Bonchev–Trinajstić information content (AvgIpc) is 2.93. The van der Waals surface area contributed by atoms with Gasteiger partial charge in [-0.1, -0.05) is 13.8 Å². The molecule has 0 bridgehead atoms. The van der Waals surface area contributed by atoms with Crippen LogP contribution in [0.3, 0.4) is 0 Å². The topological polar surface area (TPSA) is 34.1 Å². The summed E-state index contributed by atoms with van der Waals surface area (Å²) >= 11 is 1.74. The lowest BCUT2D eigenvalue weighted by molar-refractivity contribution is 0.415. The number of hydrogen-bond donors (Lipinski definition) is 1. The SMILES string of the molecule is CCNC(c1cc(OC)cs1)C(C)c1ccncc1. The molecule has 2 unspecified atom stereocenters. The summed E-state index contributed by atoms with van der Waals surface area (Å²) in [5, 5.41) is 5.62. The van der Waals surface area contributed by atoms with Crippen LogP contribution >= 0.6 is 11.3 Å². The van der Waals surface area contributed by atoms with Crippen LogP contribution in [0.25, 0.3) is 0 Å². The van der Waals surface area contributed by atoms with Gasteiger partial charge in [-0.05, 0) is 30.3 Å². The van der Waals surface area contributed by atoms with Gasteiger partial charge in [0.25, 0.3) is 0 Å². The van der Waals surface area contributed by atoms with Gasteiger partial charge >= 0.3 is 0 Å². The van der Waals surface area contributed by atoms with Crippen LogP contribution in [-0.4, -0.2) is 18.6 Å². The van der Waals surface area contributed by atoms with Crippen molar-refractivity contribution in [1.29, 1.82) is 0 Å². The molecule has 2 aromatic rings. The first kappa shape index (κ1) is 14.0. The number of methoxy groups -OCH3 is 1. The zero-order valence-electron chi connectivity index (χ0n) is 11.6. The third kappa shape index (κ3) is 3.33. The Balaban J connectivity index is 2.24. The summed E-state index contributed by atoms with van der Waals surface area (Å²) in [5.74, 6) is 1.33. The van der Waals surface area contributed by atoms with Crippen molar-refractivity contribution in [2.45, 2.75) is 25.8 Å². The first-order chi connectivity index (χ1) is 9.26. The molecule has 0 aliphatic rings. The monoisotopic (exact) mass is 276 g/mol. The Kier molecular flexibility index (Phi) is 4.93. The van der Waals surface area contributed by atoms with E-state index in [-0.39, 0.29) is 0 Å². The highest BCUT2D eigenvalue weighted by Crippen LogP contribution is 2.35. The van der Waals surface area contributed by atoms with Gasteiger partial charge in [0.15, 0.2) is 0 Å². The maximum atomic E-state index is 5.28. The molecule has 2 aromatic heterocycles. The fourth-order valence-electron chi connectivity index (χ4n) is 2.21. The van der Waals surface area contributed by atoms with Gasteiger partial charge in [-0.25, -0.2) is 0 Å². The first-order valence-electron chi connectivity index (χ1n) is 6.52. The van der Waals surface area contributed by atoms with Crippen molar-refractivity contribution in [1.82, 2.24) is 10.3 Å². The van der Waals surface area contributed by atoms with E-state index < -0.39 is 0 Å². The van der Waals surface area contributed by atoms with E-state index in [2.05, 4.69) is 47.7 Å². The molecule has 0 aliphatic carbocycles. The van der Waals surface area contributed by atoms with Gasteiger partial charge in [0, 0.05) is 34.6 Å². The van der Waals surface area contributed by atoms with E-state index in [1.54, 1.807) is 18.4 Å². The lowest BCUT2D eigenvalue weighted by Gasteiger charge is -2.24. The van der Waals surface area contributed by atoms with Crippen molar-refractivity contribution >= 4 is 11.3 Å². The van der Waals surface area contributed by atoms with Crippen LogP contribution in [0.4, 0.5) is 0 Å². The largest absolute Gasteiger partial charge is 0.496 e. The third-order valence-electron chi connectivity index (χ3n) is 3.29. The fourth-order valence-corrected chi connectivity index (χ4v) is 3.24. The van der Waals surface area contributed by atoms with Crippen molar-refractivity contribution in [3.8, 4) is 5.75 Å². The molecule has 0 radical (unpaired) electrons. The summed E-state index contributed by atoms with van der Waals surface area (Å²) in [5.41, 5.74) is 1.30. The molecule has 19 heavy (non-hydrogen) atoms. The zero-order chi connectivity index (χ0) is 13.7. The summed E-state index contributed by atoms with van der Waals surface area (Å²) in [6.07, 6.45) is 3.70. The normalized spacial score (nSPS) is 14.1. The van der Waals surface area contributed by atoms with Crippen LogP contribution in [0.15, 0.2) is 36.0 Å². The van der Waals surface area contributed by atoms with Crippen LogP contribution in [0.5, 0.6) is 5.75 Å². The smallest absolute Gasteiger partial charge is 0.129 e. The van der Waals surface area contributed by atoms with Gasteiger partial charge in [0.05, 0.1) is 7.11 Å². The molecule has 0 amide bonds. The molecule has 0 saturated heterocycles. The molecule has 0 aromatic carbocycles. The average molecular weight is 276 g/mol. The molecule has 0 aliphatic heterocycles. The Morgan fingerprint density at radius 2 is 2.11 bits per heavy atom. The van der Waals surface area contributed by atoms with E-state index in [1.807, 2.05) is 12.4 Å². The Morgan fingerprint density at radius 3 is 2.68 bits per heavy atom. The predicted molar refractivity (Wildman–Crippen MR) is 79.9 cm³/mol. The van der Waals surface area contributed by atoms with Crippen molar-refractivity contribution < 1.29 is 4.74 Å². The van der Waals surface area contributed by atoms with E-state index in [0.717, 1.165) is 12.3 Å². The predicted octanol–water partition coefficient (Wildman–Crippen LogP) is 3.61. The Hall–Kier alpha value is -1.39. The van der Waals surface area contributed by atoms with Crippen LogP contribution in [0, 0.1) is 0 Å². The van der Waals surface area contributed by atoms with E-state index in [1.165, 1.54) is 10.4 Å². The van der Waals surface area contributed by atoms with Crippen molar-refractivity contribution in [2.24, 2.45) is 0 Å². The molecule has 2 rings (SSSR count). The lowest BCUT2D eigenvalue weighted by atomic mass is 9.93. The van der Waals surface area contributed by atoms with Gasteiger partial charge < -0.3 is 10.1 Å². The second-order valence-corrected chi connectivity index (χ2v) is 5.44. The van der Waals surface area contributed by atoms with E-state index in [9.17, 15) is 0 Å². The summed E-state index contributed by atoms with van der Waals surface area (Å²) in [4.78, 5) is 5.39. The minimum atomic E-state index is 0.307. The van der Waals surface area contributed by atoms with E-state index >= 15 is 0 Å². The number of ether oxygens (including phenoxy) is 1. The highest BCUT2D eigenvalue weighted by molar-refractivity contribution is 7.10. The number of nitrogens with one attached hydrogen (secondary N) is 1. The number of rotatable bonds is 6. The maximum Gasteiger partial charge on any atom is 0.129 e. The van der Waals surface area contributed by atoms with Gasteiger partial charge in [-0.2, -0.15) is 0 Å². The molecule has 2 atom stereocenters. The molecule has 2 heterocycles. The fraction of sp³-hybridized carbons (Fsp3) is 0.400. The second kappa shape index (κ2) is 6.68. The number of nitrogens with zero attached hydrogens (tertiary/aromatic N) is 1. The number of likely N-dealkylation sites (N-methyl/N-ethyl adjacent to an activating group) is 1. The van der Waals surface area contributed by atoms with Crippen LogP contribution in [-0.2, 0) is 0 Å². The van der Waals surface area contributed by atoms with Crippen LogP contribution in [0.2, 0.25) is 0 Å². The van der Waals surface area contributed by atoms with E-state index in [0.29, 0.717) is 12.0 Å². The molecule has 0 fully saturated rings. The highest BCUT2D eigenvalue weighted by atomic mass is 32.1. The molecule has 0 saturated carbocycles. The first-order valence-corrected chi connectivity index (χ1v) is 7.40. The molecular weight excluding hydrogens is 256 g/mol. The summed E-state index contributed by atoms with van der Waals surface area (Å²) in [6.45, 7) is 5.33. The number of pyridine rings is 1. The number of aromatic nitrogens is 1. The van der Waals surface area contributed by atoms with Crippen molar-refractivity contribution in [2.75, 3.05) is 13.7 Å². The molecule has 102 valence electrons. The molecule has 0 spiro atoms. The number of thiophene rings is 1. The standard InChI is InChI=1S/C15H20N2OS/c1-4-17-15(14-9-13(18-3)10-19-14)11(2)12-5-7-16-8-6-12/h5-11,15,17H,4H2,1-3H3. The minimum Gasteiger partial charge on any atom is -0.496 e. The third-order valence-corrected chi connectivity index (χ3v) is 4.29. The molecule has 1 N–H and O–H groups in total. The van der Waals surface area contributed by atoms with Gasteiger partial charge in [0.1, 0.15) is 5.75 Å². The second-order valence-electron chi connectivity index (χ2n) is 4.49. The van der Waals surface area contributed by atoms with Crippen LogP contribution in [0.1, 0.15) is 36.2 Å². The minimum absolute atomic E-state index is 0.307. The molecule has 3 nitrogen and oxygen atoms in total. The Labute approximate surface area is 118 Å². The summed E-state index contributed by atoms with van der Waals surface area (Å²) < 4.78 is 5.28. The van der Waals surface area contributed by atoms with Crippen molar-refractivity contribution in [3.63, 3.8) is 0 Å². The van der Waals surface area contributed by atoms with Gasteiger partial charge in [-0.15, -0.1) is 11.3 Å². The van der Waals surface area contributed by atoms with Crippen molar-refractivity contribution in [3.05, 3.63) is 46.4 Å². The van der Waals surface area contributed by atoms with Gasteiger partial charge in [0.2, 0.25) is 0 Å². The Morgan fingerprint density at radius 1 is 1.37 bits per heavy atom. The Bertz CT molecular complexity index is 498. The summed E-state index contributed by atoms with van der Waals surface area (Å²) in [6, 6.07) is 6.59. The molecular formula is C15H20N2OS. The quantitative estimate of drug-likeness (QED) is 0.875.